The SMILES string of the molecule is CCC(=O)N1Cc2cnc(NC3Cc4ccccc4C3)nc2C1. The lowest BCUT2D eigenvalue weighted by atomic mass is 10.1. The minimum atomic E-state index is 0.170. The van der Waals surface area contributed by atoms with Gasteiger partial charge in [0.25, 0.3) is 0 Å². The molecule has 0 bridgehead atoms. The molecule has 2 heterocycles. The number of anilines is 1. The molecule has 23 heavy (non-hydrogen) atoms. The van der Waals surface area contributed by atoms with Crippen LogP contribution in [0.15, 0.2) is 30.5 Å². The van der Waals surface area contributed by atoms with Gasteiger partial charge in [0, 0.05) is 30.8 Å². The monoisotopic (exact) mass is 308 g/mol. The Labute approximate surface area is 135 Å². The van der Waals surface area contributed by atoms with Gasteiger partial charge in [-0.3, -0.25) is 4.79 Å². The number of rotatable bonds is 3. The van der Waals surface area contributed by atoms with Crippen LogP contribution in [0, 0.1) is 0 Å². The molecule has 1 N–H and O–H groups in total. The number of hydrogen-bond donors (Lipinski definition) is 1. The third-order valence-corrected chi connectivity index (χ3v) is 4.70. The third kappa shape index (κ3) is 2.67. The summed E-state index contributed by atoms with van der Waals surface area (Å²) in [6, 6.07) is 8.91. The molecule has 0 spiro atoms. The third-order valence-electron chi connectivity index (χ3n) is 4.70. The zero-order valence-corrected chi connectivity index (χ0v) is 13.2. The van der Waals surface area contributed by atoms with Crippen molar-refractivity contribution in [3.8, 4) is 0 Å². The zero-order chi connectivity index (χ0) is 15.8. The quantitative estimate of drug-likeness (QED) is 0.945. The highest BCUT2D eigenvalue weighted by atomic mass is 16.2. The van der Waals surface area contributed by atoms with E-state index in [1.54, 1.807) is 0 Å². The Hall–Kier alpha value is -2.43. The number of carbonyl (C=O) groups excluding carboxylic acids is 1. The number of nitrogens with zero attached hydrogens (tertiary/aromatic N) is 3. The van der Waals surface area contributed by atoms with Crippen molar-refractivity contribution >= 4 is 11.9 Å². The predicted molar refractivity (Wildman–Crippen MR) is 87.8 cm³/mol. The highest BCUT2D eigenvalue weighted by Gasteiger charge is 2.25. The Kier molecular flexibility index (Phi) is 3.48. The molecule has 0 unspecified atom stereocenters. The lowest BCUT2D eigenvalue weighted by molar-refractivity contribution is -0.131. The van der Waals surface area contributed by atoms with Crippen LogP contribution in [0.4, 0.5) is 5.95 Å². The summed E-state index contributed by atoms with van der Waals surface area (Å²) in [7, 11) is 0. The van der Waals surface area contributed by atoms with Crippen LogP contribution in [-0.2, 0) is 30.7 Å². The van der Waals surface area contributed by atoms with E-state index in [1.807, 2.05) is 18.0 Å². The van der Waals surface area contributed by atoms with Gasteiger partial charge in [-0.15, -0.1) is 0 Å². The van der Waals surface area contributed by atoms with E-state index in [0.717, 1.165) is 24.1 Å². The molecule has 118 valence electrons. The van der Waals surface area contributed by atoms with Crippen LogP contribution in [0.3, 0.4) is 0 Å². The van der Waals surface area contributed by atoms with E-state index in [1.165, 1.54) is 11.1 Å². The second-order valence-corrected chi connectivity index (χ2v) is 6.29. The van der Waals surface area contributed by atoms with Gasteiger partial charge in [0.05, 0.1) is 12.2 Å². The van der Waals surface area contributed by atoms with Crippen LogP contribution in [0.2, 0.25) is 0 Å². The van der Waals surface area contributed by atoms with Gasteiger partial charge in [0.1, 0.15) is 0 Å². The Morgan fingerprint density at radius 1 is 1.22 bits per heavy atom. The van der Waals surface area contributed by atoms with E-state index in [9.17, 15) is 4.79 Å². The molecular formula is C18H20N4O. The van der Waals surface area contributed by atoms with E-state index >= 15 is 0 Å². The van der Waals surface area contributed by atoms with Crippen molar-refractivity contribution in [2.45, 2.75) is 45.3 Å². The summed E-state index contributed by atoms with van der Waals surface area (Å²) in [5, 5.41) is 3.45. The van der Waals surface area contributed by atoms with E-state index in [0.29, 0.717) is 31.5 Å². The Morgan fingerprint density at radius 2 is 1.96 bits per heavy atom. The first-order valence-corrected chi connectivity index (χ1v) is 8.19. The molecule has 0 fully saturated rings. The van der Waals surface area contributed by atoms with Crippen molar-refractivity contribution in [2.24, 2.45) is 0 Å². The van der Waals surface area contributed by atoms with Crippen LogP contribution in [0.5, 0.6) is 0 Å². The van der Waals surface area contributed by atoms with Crippen molar-refractivity contribution in [1.29, 1.82) is 0 Å². The summed E-state index contributed by atoms with van der Waals surface area (Å²) in [6.45, 7) is 3.13. The fourth-order valence-electron chi connectivity index (χ4n) is 3.47. The van der Waals surface area contributed by atoms with E-state index in [2.05, 4.69) is 39.6 Å². The minimum Gasteiger partial charge on any atom is -0.351 e. The first-order valence-electron chi connectivity index (χ1n) is 8.19. The van der Waals surface area contributed by atoms with Gasteiger partial charge in [-0.2, -0.15) is 0 Å². The van der Waals surface area contributed by atoms with Gasteiger partial charge >= 0.3 is 0 Å². The number of benzene rings is 1. The van der Waals surface area contributed by atoms with Crippen molar-refractivity contribution < 1.29 is 4.79 Å². The van der Waals surface area contributed by atoms with E-state index in [-0.39, 0.29) is 5.91 Å². The van der Waals surface area contributed by atoms with Crippen LogP contribution in [0.25, 0.3) is 0 Å². The number of amides is 1. The molecule has 1 aromatic carbocycles. The highest BCUT2D eigenvalue weighted by molar-refractivity contribution is 5.76. The maximum Gasteiger partial charge on any atom is 0.223 e. The van der Waals surface area contributed by atoms with Crippen molar-refractivity contribution in [1.82, 2.24) is 14.9 Å². The summed E-state index contributed by atoms with van der Waals surface area (Å²) < 4.78 is 0. The van der Waals surface area contributed by atoms with Crippen LogP contribution in [-0.4, -0.2) is 26.8 Å². The summed E-state index contributed by atoms with van der Waals surface area (Å²) in [6.07, 6.45) is 4.41. The average molecular weight is 308 g/mol. The number of nitrogens with one attached hydrogen (secondary N) is 1. The Balaban J connectivity index is 1.46. The fourth-order valence-corrected chi connectivity index (χ4v) is 3.47. The molecule has 2 aromatic rings. The number of hydrogen-bond acceptors (Lipinski definition) is 4. The van der Waals surface area contributed by atoms with Crippen molar-refractivity contribution in [3.05, 3.63) is 52.8 Å². The van der Waals surface area contributed by atoms with E-state index in [4.69, 9.17) is 0 Å². The molecule has 1 aliphatic heterocycles. The van der Waals surface area contributed by atoms with Gasteiger partial charge in [0.15, 0.2) is 0 Å². The molecule has 5 nitrogen and oxygen atoms in total. The molecule has 1 aromatic heterocycles. The number of carbonyl (C=O) groups is 1. The minimum absolute atomic E-state index is 0.170. The average Bonchev–Trinajstić information content (AvgIpc) is 3.16. The topological polar surface area (TPSA) is 58.1 Å². The molecule has 0 saturated heterocycles. The second-order valence-electron chi connectivity index (χ2n) is 6.29. The Bertz CT molecular complexity index is 733. The fraction of sp³-hybridized carbons (Fsp3) is 0.389. The van der Waals surface area contributed by atoms with Gasteiger partial charge in [-0.05, 0) is 24.0 Å². The second kappa shape index (κ2) is 5.65. The largest absolute Gasteiger partial charge is 0.351 e. The summed E-state index contributed by atoms with van der Waals surface area (Å²) in [5.74, 6) is 0.844. The molecular weight excluding hydrogens is 288 g/mol. The smallest absolute Gasteiger partial charge is 0.223 e. The standard InChI is InChI=1S/C18H20N4O/c1-2-17(23)22-10-14-9-19-18(21-16(14)11-22)20-15-7-12-5-3-4-6-13(12)8-15/h3-6,9,15H,2,7-8,10-11H2,1H3,(H,19,20,21). The molecule has 4 rings (SSSR count). The van der Waals surface area contributed by atoms with Crippen molar-refractivity contribution in [2.75, 3.05) is 5.32 Å². The van der Waals surface area contributed by atoms with Gasteiger partial charge in [-0.25, -0.2) is 9.97 Å². The number of aromatic nitrogens is 2. The van der Waals surface area contributed by atoms with Crippen LogP contribution >= 0.6 is 0 Å². The maximum absolute atomic E-state index is 11.8. The van der Waals surface area contributed by atoms with Gasteiger partial charge in [-0.1, -0.05) is 31.2 Å². The first-order chi connectivity index (χ1) is 11.2. The molecule has 5 heteroatoms. The number of fused-ring (bicyclic) bond motifs is 2. The van der Waals surface area contributed by atoms with Gasteiger partial charge in [0.2, 0.25) is 11.9 Å². The molecule has 0 saturated carbocycles. The normalized spacial score (nSPS) is 16.3. The molecule has 0 radical (unpaired) electrons. The Morgan fingerprint density at radius 3 is 2.65 bits per heavy atom. The maximum atomic E-state index is 11.8. The molecule has 1 aliphatic carbocycles. The summed E-state index contributed by atoms with van der Waals surface area (Å²) >= 11 is 0. The van der Waals surface area contributed by atoms with Crippen LogP contribution < -0.4 is 5.32 Å². The molecule has 1 amide bonds. The first kappa shape index (κ1) is 14.2. The van der Waals surface area contributed by atoms with Crippen LogP contribution in [0.1, 0.15) is 35.7 Å². The molecule has 0 atom stereocenters. The van der Waals surface area contributed by atoms with Crippen molar-refractivity contribution in [3.63, 3.8) is 0 Å². The lowest BCUT2D eigenvalue weighted by Crippen LogP contribution is -2.24. The predicted octanol–water partition coefficient (Wildman–Crippen LogP) is 2.31. The summed E-state index contributed by atoms with van der Waals surface area (Å²) in [5.41, 5.74) is 4.85. The zero-order valence-electron chi connectivity index (χ0n) is 13.2. The highest BCUT2D eigenvalue weighted by Crippen LogP contribution is 2.25. The molecule has 2 aliphatic rings. The lowest BCUT2D eigenvalue weighted by Gasteiger charge is -2.13. The van der Waals surface area contributed by atoms with E-state index < -0.39 is 0 Å². The van der Waals surface area contributed by atoms with Gasteiger partial charge < -0.3 is 10.2 Å². The summed E-state index contributed by atoms with van der Waals surface area (Å²) in [4.78, 5) is 22.7.